The van der Waals surface area contributed by atoms with Crippen LogP contribution in [0.15, 0.2) is 42.7 Å². The summed E-state index contributed by atoms with van der Waals surface area (Å²) in [4.78, 5) is 18.8. The number of pyridine rings is 1. The molecule has 0 spiro atoms. The third-order valence-electron chi connectivity index (χ3n) is 4.24. The Hall–Kier alpha value is -2.36. The average Bonchev–Trinajstić information content (AvgIpc) is 2.54. The Morgan fingerprint density at radius 1 is 1.26 bits per heavy atom. The maximum atomic E-state index is 12.7. The van der Waals surface area contributed by atoms with Gasteiger partial charge in [-0.05, 0) is 49.4 Å². The van der Waals surface area contributed by atoms with Gasteiger partial charge in [0.05, 0.1) is 17.4 Å². The predicted molar refractivity (Wildman–Crippen MR) is 93.0 cm³/mol. The summed E-state index contributed by atoms with van der Waals surface area (Å²) in [6.45, 7) is 5.95. The summed E-state index contributed by atoms with van der Waals surface area (Å²) >= 11 is 0. The SMILES string of the molecule is Cc1cccc(Nc2cncc(C(=O)N3CCCC(C)C3)c2)c1. The van der Waals surface area contributed by atoms with Crippen LogP contribution < -0.4 is 5.32 Å². The van der Waals surface area contributed by atoms with E-state index in [9.17, 15) is 4.79 Å². The molecule has 1 amide bonds. The van der Waals surface area contributed by atoms with Gasteiger partial charge in [0.1, 0.15) is 0 Å². The summed E-state index contributed by atoms with van der Waals surface area (Å²) in [6, 6.07) is 10.0. The van der Waals surface area contributed by atoms with Crippen molar-refractivity contribution in [3.63, 3.8) is 0 Å². The number of carbonyl (C=O) groups is 1. The zero-order valence-corrected chi connectivity index (χ0v) is 13.7. The van der Waals surface area contributed by atoms with Crippen molar-refractivity contribution in [3.8, 4) is 0 Å². The molecule has 4 heteroatoms. The maximum Gasteiger partial charge on any atom is 0.255 e. The van der Waals surface area contributed by atoms with Gasteiger partial charge in [-0.2, -0.15) is 0 Å². The Morgan fingerprint density at radius 2 is 2.13 bits per heavy atom. The van der Waals surface area contributed by atoms with Crippen molar-refractivity contribution in [2.75, 3.05) is 18.4 Å². The number of aryl methyl sites for hydroxylation is 1. The number of benzene rings is 1. The molecule has 1 N–H and O–H groups in total. The zero-order chi connectivity index (χ0) is 16.2. The number of nitrogens with one attached hydrogen (secondary N) is 1. The molecule has 1 fully saturated rings. The van der Waals surface area contributed by atoms with Gasteiger partial charge in [0.2, 0.25) is 0 Å². The van der Waals surface area contributed by atoms with Gasteiger partial charge in [-0.25, -0.2) is 0 Å². The Bertz CT molecular complexity index is 699. The van der Waals surface area contributed by atoms with E-state index >= 15 is 0 Å². The molecule has 1 unspecified atom stereocenters. The van der Waals surface area contributed by atoms with Gasteiger partial charge in [0.25, 0.3) is 5.91 Å². The van der Waals surface area contributed by atoms with Crippen LogP contribution in [0, 0.1) is 12.8 Å². The maximum absolute atomic E-state index is 12.7. The largest absolute Gasteiger partial charge is 0.354 e. The van der Waals surface area contributed by atoms with Crippen molar-refractivity contribution in [2.24, 2.45) is 5.92 Å². The summed E-state index contributed by atoms with van der Waals surface area (Å²) in [5, 5.41) is 3.32. The van der Waals surface area contributed by atoms with Gasteiger partial charge in [-0.1, -0.05) is 19.1 Å². The first kappa shape index (κ1) is 15.5. The van der Waals surface area contributed by atoms with E-state index in [4.69, 9.17) is 0 Å². The Labute approximate surface area is 137 Å². The average molecular weight is 309 g/mol. The van der Waals surface area contributed by atoms with Crippen LogP contribution in [0.4, 0.5) is 11.4 Å². The lowest BCUT2D eigenvalue weighted by molar-refractivity contribution is 0.0682. The fraction of sp³-hybridized carbons (Fsp3) is 0.368. The van der Waals surface area contributed by atoms with E-state index in [1.165, 1.54) is 12.0 Å². The van der Waals surface area contributed by atoms with Crippen LogP contribution in [0.2, 0.25) is 0 Å². The number of amides is 1. The van der Waals surface area contributed by atoms with Crippen molar-refractivity contribution in [1.82, 2.24) is 9.88 Å². The van der Waals surface area contributed by atoms with E-state index in [1.54, 1.807) is 12.4 Å². The minimum Gasteiger partial charge on any atom is -0.354 e. The molecule has 0 bridgehead atoms. The van der Waals surface area contributed by atoms with Crippen molar-refractivity contribution >= 4 is 17.3 Å². The number of nitrogens with zero attached hydrogens (tertiary/aromatic N) is 2. The summed E-state index contributed by atoms with van der Waals surface area (Å²) in [6.07, 6.45) is 5.69. The molecule has 120 valence electrons. The molecule has 1 aromatic carbocycles. The second kappa shape index (κ2) is 6.82. The lowest BCUT2D eigenvalue weighted by Crippen LogP contribution is -2.39. The number of aromatic nitrogens is 1. The fourth-order valence-corrected chi connectivity index (χ4v) is 3.07. The topological polar surface area (TPSA) is 45.2 Å². The highest BCUT2D eigenvalue weighted by molar-refractivity contribution is 5.95. The molecule has 2 aromatic rings. The molecule has 1 aliphatic rings. The molecule has 0 radical (unpaired) electrons. The van der Waals surface area contributed by atoms with Crippen molar-refractivity contribution in [1.29, 1.82) is 0 Å². The quantitative estimate of drug-likeness (QED) is 0.932. The van der Waals surface area contributed by atoms with E-state index in [0.717, 1.165) is 30.9 Å². The van der Waals surface area contributed by atoms with Crippen molar-refractivity contribution in [2.45, 2.75) is 26.7 Å². The monoisotopic (exact) mass is 309 g/mol. The lowest BCUT2D eigenvalue weighted by Gasteiger charge is -2.31. The Morgan fingerprint density at radius 3 is 2.91 bits per heavy atom. The number of piperidine rings is 1. The van der Waals surface area contributed by atoms with E-state index < -0.39 is 0 Å². The van der Waals surface area contributed by atoms with Crippen LogP contribution in [-0.2, 0) is 0 Å². The van der Waals surface area contributed by atoms with E-state index in [-0.39, 0.29) is 5.91 Å². The van der Waals surface area contributed by atoms with Crippen LogP contribution in [0.25, 0.3) is 0 Å². The van der Waals surface area contributed by atoms with Gasteiger partial charge in [0.15, 0.2) is 0 Å². The molecule has 0 saturated carbocycles. The molecular formula is C19H23N3O. The highest BCUT2D eigenvalue weighted by Crippen LogP contribution is 2.21. The number of hydrogen-bond donors (Lipinski definition) is 1. The lowest BCUT2D eigenvalue weighted by atomic mass is 10.00. The van der Waals surface area contributed by atoms with Crippen LogP contribution in [-0.4, -0.2) is 28.9 Å². The molecule has 1 aromatic heterocycles. The fourth-order valence-electron chi connectivity index (χ4n) is 3.07. The first-order valence-electron chi connectivity index (χ1n) is 8.20. The molecule has 1 aliphatic heterocycles. The molecule has 2 heterocycles. The molecule has 23 heavy (non-hydrogen) atoms. The first-order chi connectivity index (χ1) is 11.1. The molecular weight excluding hydrogens is 286 g/mol. The second-order valence-electron chi connectivity index (χ2n) is 6.46. The summed E-state index contributed by atoms with van der Waals surface area (Å²) in [7, 11) is 0. The number of hydrogen-bond acceptors (Lipinski definition) is 3. The van der Waals surface area contributed by atoms with Gasteiger partial charge in [-0.3, -0.25) is 9.78 Å². The first-order valence-corrected chi connectivity index (χ1v) is 8.20. The van der Waals surface area contributed by atoms with E-state index in [2.05, 4.69) is 36.3 Å². The third-order valence-corrected chi connectivity index (χ3v) is 4.24. The summed E-state index contributed by atoms with van der Waals surface area (Å²) < 4.78 is 0. The molecule has 1 atom stereocenters. The van der Waals surface area contributed by atoms with E-state index in [0.29, 0.717) is 11.5 Å². The molecule has 1 saturated heterocycles. The van der Waals surface area contributed by atoms with Crippen LogP contribution >= 0.6 is 0 Å². The van der Waals surface area contributed by atoms with Crippen molar-refractivity contribution < 1.29 is 4.79 Å². The minimum atomic E-state index is 0.0805. The number of anilines is 2. The van der Waals surface area contributed by atoms with Gasteiger partial charge >= 0.3 is 0 Å². The number of carbonyl (C=O) groups excluding carboxylic acids is 1. The highest BCUT2D eigenvalue weighted by Gasteiger charge is 2.22. The highest BCUT2D eigenvalue weighted by atomic mass is 16.2. The Balaban J connectivity index is 1.75. The van der Waals surface area contributed by atoms with Crippen molar-refractivity contribution in [3.05, 3.63) is 53.9 Å². The number of likely N-dealkylation sites (tertiary alicyclic amines) is 1. The normalized spacial score (nSPS) is 17.8. The van der Waals surface area contributed by atoms with Gasteiger partial charge in [0, 0.05) is 25.0 Å². The van der Waals surface area contributed by atoms with Crippen LogP contribution in [0.1, 0.15) is 35.7 Å². The van der Waals surface area contributed by atoms with Crippen LogP contribution in [0.3, 0.4) is 0 Å². The molecule has 3 rings (SSSR count). The summed E-state index contributed by atoms with van der Waals surface area (Å²) in [5.74, 6) is 0.659. The third kappa shape index (κ3) is 3.89. The van der Waals surface area contributed by atoms with Crippen LogP contribution in [0.5, 0.6) is 0 Å². The Kier molecular flexibility index (Phi) is 4.60. The number of rotatable bonds is 3. The van der Waals surface area contributed by atoms with E-state index in [1.807, 2.05) is 23.1 Å². The molecule has 4 nitrogen and oxygen atoms in total. The predicted octanol–water partition coefficient (Wildman–Crippen LogP) is 4.01. The second-order valence-corrected chi connectivity index (χ2v) is 6.46. The van der Waals surface area contributed by atoms with Gasteiger partial charge in [-0.15, -0.1) is 0 Å². The minimum absolute atomic E-state index is 0.0805. The zero-order valence-electron chi connectivity index (χ0n) is 13.7. The standard InChI is InChI=1S/C19H23N3O/c1-14-5-3-7-17(9-14)21-18-10-16(11-20-12-18)19(23)22-8-4-6-15(2)13-22/h3,5,7,9-12,15,21H,4,6,8,13H2,1-2H3. The van der Waals surface area contributed by atoms with Gasteiger partial charge < -0.3 is 10.2 Å². The summed E-state index contributed by atoms with van der Waals surface area (Å²) in [5.41, 5.74) is 3.68. The molecule has 0 aliphatic carbocycles. The smallest absolute Gasteiger partial charge is 0.255 e.